The lowest BCUT2D eigenvalue weighted by Gasteiger charge is -2.17. The Morgan fingerprint density at radius 2 is 1.74 bits per heavy atom. The second kappa shape index (κ2) is 8.18. The van der Waals surface area contributed by atoms with Gasteiger partial charge >= 0.3 is 0 Å². The van der Waals surface area contributed by atoms with Gasteiger partial charge in [-0.1, -0.05) is 25.5 Å². The number of aliphatic hydroxyl groups excluding tert-OH is 1. The number of ether oxygens (including phenoxy) is 2. The summed E-state index contributed by atoms with van der Waals surface area (Å²) in [7, 11) is 0. The van der Waals surface area contributed by atoms with Gasteiger partial charge in [-0.3, -0.25) is 0 Å². The van der Waals surface area contributed by atoms with Crippen molar-refractivity contribution < 1.29 is 14.6 Å². The van der Waals surface area contributed by atoms with Crippen LogP contribution in [0.4, 0.5) is 0 Å². The van der Waals surface area contributed by atoms with Crippen molar-refractivity contribution in [3.63, 3.8) is 0 Å². The van der Waals surface area contributed by atoms with Crippen LogP contribution in [-0.4, -0.2) is 23.9 Å². The summed E-state index contributed by atoms with van der Waals surface area (Å²) < 4.78 is 11.2. The zero-order valence-electron chi connectivity index (χ0n) is 12.4. The molecule has 0 aliphatic heterocycles. The highest BCUT2D eigenvalue weighted by atomic mass is 16.5. The minimum atomic E-state index is -0.576. The molecule has 3 nitrogen and oxygen atoms in total. The molecule has 0 bridgehead atoms. The molecule has 0 aromatic heterocycles. The fraction of sp³-hybridized carbons (Fsp3) is 0.625. The minimum Gasteiger partial charge on any atom is -0.491 e. The lowest BCUT2D eigenvalue weighted by Crippen LogP contribution is -2.14. The first kappa shape index (κ1) is 16.0. The molecule has 108 valence electrons. The zero-order valence-corrected chi connectivity index (χ0v) is 12.4. The lowest BCUT2D eigenvalue weighted by atomic mass is 10.1. The number of hydrogen-bond acceptors (Lipinski definition) is 3. The third kappa shape index (κ3) is 6.08. The summed E-state index contributed by atoms with van der Waals surface area (Å²) in [5, 5.41) is 10.0. The molecule has 0 amide bonds. The van der Waals surface area contributed by atoms with E-state index in [1.807, 2.05) is 45.0 Å². The highest BCUT2D eigenvalue weighted by Gasteiger charge is 2.10. The Morgan fingerprint density at radius 1 is 1.11 bits per heavy atom. The fourth-order valence-electron chi connectivity index (χ4n) is 1.88. The van der Waals surface area contributed by atoms with Gasteiger partial charge in [-0.2, -0.15) is 0 Å². The van der Waals surface area contributed by atoms with Gasteiger partial charge < -0.3 is 14.6 Å². The molecule has 0 aliphatic carbocycles. The van der Waals surface area contributed by atoms with Crippen LogP contribution in [0.2, 0.25) is 0 Å². The topological polar surface area (TPSA) is 38.7 Å². The predicted molar refractivity (Wildman–Crippen MR) is 77.5 cm³/mol. The second-order valence-electron chi connectivity index (χ2n) is 5.18. The van der Waals surface area contributed by atoms with E-state index in [0.717, 1.165) is 24.2 Å². The van der Waals surface area contributed by atoms with E-state index in [1.54, 1.807) is 0 Å². The molecule has 2 unspecified atom stereocenters. The molecule has 0 saturated heterocycles. The average molecular weight is 266 g/mol. The quantitative estimate of drug-likeness (QED) is 0.779. The summed E-state index contributed by atoms with van der Waals surface area (Å²) in [4.78, 5) is 0. The molecule has 0 saturated carbocycles. The van der Waals surface area contributed by atoms with E-state index < -0.39 is 6.10 Å². The Balaban J connectivity index is 2.46. The highest BCUT2D eigenvalue weighted by molar-refractivity contribution is 5.28. The lowest BCUT2D eigenvalue weighted by molar-refractivity contribution is -0.00586. The van der Waals surface area contributed by atoms with Crippen molar-refractivity contribution in [3.8, 4) is 5.75 Å². The average Bonchev–Trinajstić information content (AvgIpc) is 2.36. The Kier molecular flexibility index (Phi) is 6.89. The molecule has 1 aromatic carbocycles. The van der Waals surface area contributed by atoms with Crippen LogP contribution in [0.3, 0.4) is 0 Å². The van der Waals surface area contributed by atoms with Crippen LogP contribution in [0.15, 0.2) is 24.3 Å². The van der Waals surface area contributed by atoms with Gasteiger partial charge in [0, 0.05) is 0 Å². The molecule has 1 rings (SSSR count). The van der Waals surface area contributed by atoms with Crippen LogP contribution in [0, 0.1) is 0 Å². The Bertz CT molecular complexity index is 346. The molecule has 0 radical (unpaired) electrons. The number of rotatable bonds is 8. The monoisotopic (exact) mass is 266 g/mol. The maximum absolute atomic E-state index is 10.0. The summed E-state index contributed by atoms with van der Waals surface area (Å²) in [5.41, 5.74) is 0.861. The van der Waals surface area contributed by atoms with Gasteiger partial charge in [-0.25, -0.2) is 0 Å². The summed E-state index contributed by atoms with van der Waals surface area (Å²) in [6.45, 7) is 8.49. The molecule has 0 spiro atoms. The molecule has 3 heteroatoms. The molecule has 2 atom stereocenters. The third-order valence-electron chi connectivity index (χ3n) is 2.87. The van der Waals surface area contributed by atoms with Crippen molar-refractivity contribution in [3.05, 3.63) is 29.8 Å². The number of aliphatic hydroxyl groups is 1. The molecular weight excluding hydrogens is 240 g/mol. The SMILES string of the molecule is CCCC(C)OCC(O)c1ccc(OC(C)C)cc1. The summed E-state index contributed by atoms with van der Waals surface area (Å²) in [6.07, 6.45) is 1.90. The smallest absolute Gasteiger partial charge is 0.119 e. The van der Waals surface area contributed by atoms with Crippen molar-refractivity contribution in [1.29, 1.82) is 0 Å². The summed E-state index contributed by atoms with van der Waals surface area (Å²) >= 11 is 0. The van der Waals surface area contributed by atoms with Crippen LogP contribution in [0.1, 0.15) is 52.2 Å². The van der Waals surface area contributed by atoms with Crippen LogP contribution >= 0.6 is 0 Å². The van der Waals surface area contributed by atoms with E-state index in [-0.39, 0.29) is 12.2 Å². The Hall–Kier alpha value is -1.06. The van der Waals surface area contributed by atoms with E-state index in [9.17, 15) is 5.11 Å². The normalized spacial score (nSPS) is 14.4. The third-order valence-corrected chi connectivity index (χ3v) is 2.87. The van der Waals surface area contributed by atoms with Gasteiger partial charge in [-0.05, 0) is 44.9 Å². The minimum absolute atomic E-state index is 0.161. The molecule has 1 N–H and O–H groups in total. The van der Waals surface area contributed by atoms with Gasteiger partial charge in [0.05, 0.1) is 18.8 Å². The fourth-order valence-corrected chi connectivity index (χ4v) is 1.88. The first-order valence-electron chi connectivity index (χ1n) is 7.09. The van der Waals surface area contributed by atoms with Crippen molar-refractivity contribution in [2.75, 3.05) is 6.61 Å². The molecule has 0 fully saturated rings. The first-order valence-corrected chi connectivity index (χ1v) is 7.09. The van der Waals surface area contributed by atoms with E-state index in [4.69, 9.17) is 9.47 Å². The van der Waals surface area contributed by atoms with E-state index in [2.05, 4.69) is 6.92 Å². The second-order valence-corrected chi connectivity index (χ2v) is 5.18. The molecule has 19 heavy (non-hydrogen) atoms. The van der Waals surface area contributed by atoms with Crippen molar-refractivity contribution in [2.45, 2.75) is 58.8 Å². The maximum atomic E-state index is 10.0. The van der Waals surface area contributed by atoms with E-state index in [0.29, 0.717) is 6.61 Å². The van der Waals surface area contributed by atoms with Crippen LogP contribution < -0.4 is 4.74 Å². The van der Waals surface area contributed by atoms with Gasteiger partial charge in [0.2, 0.25) is 0 Å². The summed E-state index contributed by atoms with van der Waals surface area (Å²) in [6, 6.07) is 7.54. The summed E-state index contributed by atoms with van der Waals surface area (Å²) in [5.74, 6) is 0.825. The predicted octanol–water partition coefficient (Wildman–Crippen LogP) is 3.71. The van der Waals surface area contributed by atoms with Crippen LogP contribution in [0.5, 0.6) is 5.75 Å². The van der Waals surface area contributed by atoms with Crippen LogP contribution in [0.25, 0.3) is 0 Å². The first-order chi connectivity index (χ1) is 9.02. The molecule has 0 aliphatic rings. The van der Waals surface area contributed by atoms with Crippen molar-refractivity contribution >= 4 is 0 Å². The van der Waals surface area contributed by atoms with Crippen molar-refractivity contribution in [1.82, 2.24) is 0 Å². The molecule has 1 aromatic rings. The van der Waals surface area contributed by atoms with Gasteiger partial charge in [0.15, 0.2) is 0 Å². The van der Waals surface area contributed by atoms with Gasteiger partial charge in [0.1, 0.15) is 11.9 Å². The largest absolute Gasteiger partial charge is 0.491 e. The maximum Gasteiger partial charge on any atom is 0.119 e. The molecular formula is C16H26O3. The Morgan fingerprint density at radius 3 is 2.26 bits per heavy atom. The zero-order chi connectivity index (χ0) is 14.3. The molecule has 0 heterocycles. The number of benzene rings is 1. The van der Waals surface area contributed by atoms with E-state index >= 15 is 0 Å². The van der Waals surface area contributed by atoms with Crippen LogP contribution in [-0.2, 0) is 4.74 Å². The van der Waals surface area contributed by atoms with Gasteiger partial charge in [-0.15, -0.1) is 0 Å². The highest BCUT2D eigenvalue weighted by Crippen LogP contribution is 2.19. The van der Waals surface area contributed by atoms with Gasteiger partial charge in [0.25, 0.3) is 0 Å². The standard InChI is InChI=1S/C16H26O3/c1-5-6-13(4)18-11-16(17)14-7-9-15(10-8-14)19-12(2)3/h7-10,12-13,16-17H,5-6,11H2,1-4H3. The van der Waals surface area contributed by atoms with Crippen molar-refractivity contribution in [2.24, 2.45) is 0 Å². The Labute approximate surface area is 116 Å². The van der Waals surface area contributed by atoms with E-state index in [1.165, 1.54) is 0 Å². The number of hydrogen-bond donors (Lipinski definition) is 1.